The van der Waals surface area contributed by atoms with Gasteiger partial charge in [0.15, 0.2) is 0 Å². The molecule has 0 radical (unpaired) electrons. The highest BCUT2D eigenvalue weighted by Crippen LogP contribution is 2.20. The van der Waals surface area contributed by atoms with Gasteiger partial charge in [-0.25, -0.2) is 8.42 Å². The summed E-state index contributed by atoms with van der Waals surface area (Å²) in [5, 5.41) is 0. The summed E-state index contributed by atoms with van der Waals surface area (Å²) >= 11 is 0. The fourth-order valence-electron chi connectivity index (χ4n) is 1.00. The van der Waals surface area contributed by atoms with E-state index in [0.29, 0.717) is 13.2 Å². The molecule has 0 N–H and O–H groups in total. The van der Waals surface area contributed by atoms with Crippen molar-refractivity contribution in [3.63, 3.8) is 0 Å². The Morgan fingerprint density at radius 2 is 1.92 bits per heavy atom. The van der Waals surface area contributed by atoms with Crippen molar-refractivity contribution in [1.29, 1.82) is 0 Å². The minimum absolute atomic E-state index is 0.0503. The van der Waals surface area contributed by atoms with Gasteiger partial charge in [-0.3, -0.25) is 0 Å². The molecule has 0 aliphatic heterocycles. The molecule has 0 aromatic carbocycles. The monoisotopic (exact) mass is 228 g/mol. The third-order valence-corrected chi connectivity index (χ3v) is 2.86. The van der Waals surface area contributed by atoms with Crippen LogP contribution in [0, 0.1) is 5.41 Å². The Balaban J connectivity index is 3.94. The lowest BCUT2D eigenvalue weighted by Crippen LogP contribution is -2.27. The van der Waals surface area contributed by atoms with Gasteiger partial charge < -0.3 is 4.74 Å². The fraction of sp³-hybridized carbons (Fsp3) is 1.00. The summed E-state index contributed by atoms with van der Waals surface area (Å²) in [7, 11) is 1.72. The van der Waals surface area contributed by atoms with Crippen molar-refractivity contribution >= 4 is 19.7 Å². The zero-order valence-corrected chi connectivity index (χ0v) is 9.91. The average molecular weight is 229 g/mol. The van der Waals surface area contributed by atoms with Crippen LogP contribution in [0.15, 0.2) is 0 Å². The van der Waals surface area contributed by atoms with Crippen LogP contribution in [-0.2, 0) is 13.8 Å². The molecule has 5 heteroatoms. The van der Waals surface area contributed by atoms with Crippen molar-refractivity contribution in [3.05, 3.63) is 0 Å². The van der Waals surface area contributed by atoms with Gasteiger partial charge in [-0.1, -0.05) is 20.8 Å². The minimum Gasteiger partial charge on any atom is -0.381 e. The molecule has 80 valence electrons. The lowest BCUT2D eigenvalue weighted by Gasteiger charge is -2.22. The van der Waals surface area contributed by atoms with Crippen molar-refractivity contribution in [2.75, 3.05) is 19.0 Å². The van der Waals surface area contributed by atoms with Gasteiger partial charge in [0.2, 0.25) is 9.05 Å². The molecule has 0 unspecified atom stereocenters. The van der Waals surface area contributed by atoms with E-state index in [9.17, 15) is 8.42 Å². The molecule has 0 spiro atoms. The molecule has 13 heavy (non-hydrogen) atoms. The van der Waals surface area contributed by atoms with E-state index in [4.69, 9.17) is 15.4 Å². The van der Waals surface area contributed by atoms with Crippen LogP contribution in [0.3, 0.4) is 0 Å². The summed E-state index contributed by atoms with van der Waals surface area (Å²) in [4.78, 5) is 0. The highest BCUT2D eigenvalue weighted by Gasteiger charge is 2.24. The second-order valence-electron chi connectivity index (χ2n) is 3.90. The third-order valence-electron chi connectivity index (χ3n) is 1.40. The van der Waals surface area contributed by atoms with Crippen LogP contribution in [0.1, 0.15) is 27.2 Å². The summed E-state index contributed by atoms with van der Waals surface area (Å²) in [6.07, 6.45) is 0.934. The van der Waals surface area contributed by atoms with E-state index in [2.05, 4.69) is 0 Å². The second kappa shape index (κ2) is 5.17. The summed E-state index contributed by atoms with van der Waals surface area (Å²) < 4.78 is 26.8. The number of hydrogen-bond acceptors (Lipinski definition) is 3. The Bertz CT molecular complexity index is 234. The first-order valence-corrected chi connectivity index (χ1v) is 6.75. The Labute approximate surface area is 84.8 Å². The highest BCUT2D eigenvalue weighted by molar-refractivity contribution is 8.13. The molecular formula is C8H17ClO3S. The standard InChI is InChI=1S/C8H17ClO3S/c1-4-5-12-6-8(2,3)7-13(9,10)11/h4-7H2,1-3H3. The molecule has 0 amide bonds. The predicted octanol–water partition coefficient (Wildman–Crippen LogP) is 2.01. The number of rotatable bonds is 6. The van der Waals surface area contributed by atoms with Gasteiger partial charge in [-0.2, -0.15) is 0 Å². The van der Waals surface area contributed by atoms with E-state index < -0.39 is 14.5 Å². The Morgan fingerprint density at radius 1 is 1.38 bits per heavy atom. The molecule has 0 fully saturated rings. The van der Waals surface area contributed by atoms with Crippen LogP contribution >= 0.6 is 10.7 Å². The van der Waals surface area contributed by atoms with E-state index in [-0.39, 0.29) is 5.75 Å². The van der Waals surface area contributed by atoms with E-state index in [1.807, 2.05) is 20.8 Å². The van der Waals surface area contributed by atoms with Crippen LogP contribution < -0.4 is 0 Å². The maximum absolute atomic E-state index is 10.8. The molecule has 0 aromatic rings. The van der Waals surface area contributed by atoms with Gasteiger partial charge >= 0.3 is 0 Å². The van der Waals surface area contributed by atoms with Crippen LogP contribution in [-0.4, -0.2) is 27.4 Å². The molecule has 0 aliphatic carbocycles. The summed E-state index contributed by atoms with van der Waals surface area (Å²) in [5.74, 6) is -0.0503. The molecule has 0 aliphatic rings. The van der Waals surface area contributed by atoms with Crippen molar-refractivity contribution in [2.24, 2.45) is 5.41 Å². The topological polar surface area (TPSA) is 43.4 Å². The Morgan fingerprint density at radius 3 is 2.31 bits per heavy atom. The van der Waals surface area contributed by atoms with E-state index >= 15 is 0 Å². The van der Waals surface area contributed by atoms with Gasteiger partial charge in [0.1, 0.15) is 0 Å². The number of halogens is 1. The van der Waals surface area contributed by atoms with E-state index in [0.717, 1.165) is 6.42 Å². The normalized spacial score (nSPS) is 13.2. The lowest BCUT2D eigenvalue weighted by molar-refractivity contribution is 0.0732. The zero-order chi connectivity index (χ0) is 10.5. The SMILES string of the molecule is CCCOCC(C)(C)CS(=O)(=O)Cl. The van der Waals surface area contributed by atoms with Crippen LogP contribution in [0.4, 0.5) is 0 Å². The van der Waals surface area contributed by atoms with Gasteiger partial charge in [0.05, 0.1) is 12.4 Å². The fourth-order valence-corrected chi connectivity index (χ4v) is 2.90. The van der Waals surface area contributed by atoms with Crippen molar-refractivity contribution in [3.8, 4) is 0 Å². The zero-order valence-electron chi connectivity index (χ0n) is 8.34. The second-order valence-corrected chi connectivity index (χ2v) is 6.68. The first kappa shape index (κ1) is 13.2. The molecule has 0 aromatic heterocycles. The maximum atomic E-state index is 10.8. The molecule has 0 heterocycles. The molecule has 3 nitrogen and oxygen atoms in total. The first-order chi connectivity index (χ1) is 5.77. The largest absolute Gasteiger partial charge is 0.381 e. The molecule has 0 rings (SSSR count). The van der Waals surface area contributed by atoms with Crippen molar-refractivity contribution in [2.45, 2.75) is 27.2 Å². The smallest absolute Gasteiger partial charge is 0.233 e. The van der Waals surface area contributed by atoms with Crippen LogP contribution in [0.5, 0.6) is 0 Å². The number of ether oxygens (including phenoxy) is 1. The van der Waals surface area contributed by atoms with Crippen LogP contribution in [0.2, 0.25) is 0 Å². The van der Waals surface area contributed by atoms with Crippen molar-refractivity contribution in [1.82, 2.24) is 0 Å². The number of hydrogen-bond donors (Lipinski definition) is 0. The van der Waals surface area contributed by atoms with Gasteiger partial charge in [-0.15, -0.1) is 0 Å². The molecule has 0 saturated carbocycles. The maximum Gasteiger partial charge on any atom is 0.233 e. The van der Waals surface area contributed by atoms with E-state index in [1.165, 1.54) is 0 Å². The molecular weight excluding hydrogens is 212 g/mol. The van der Waals surface area contributed by atoms with Crippen molar-refractivity contribution < 1.29 is 13.2 Å². The first-order valence-electron chi connectivity index (χ1n) is 4.27. The lowest BCUT2D eigenvalue weighted by atomic mass is 9.98. The van der Waals surface area contributed by atoms with Gasteiger partial charge in [-0.05, 0) is 6.42 Å². The Hall–Kier alpha value is 0.200. The average Bonchev–Trinajstić information content (AvgIpc) is 1.81. The molecule has 0 bridgehead atoms. The molecule has 0 saturated heterocycles. The highest BCUT2D eigenvalue weighted by atomic mass is 35.7. The van der Waals surface area contributed by atoms with E-state index in [1.54, 1.807) is 0 Å². The van der Waals surface area contributed by atoms with Gasteiger partial charge in [0.25, 0.3) is 0 Å². The molecule has 0 atom stereocenters. The minimum atomic E-state index is -3.43. The predicted molar refractivity (Wildman–Crippen MR) is 54.5 cm³/mol. The summed E-state index contributed by atoms with van der Waals surface area (Å²) in [6.45, 7) is 6.73. The van der Waals surface area contributed by atoms with Crippen LogP contribution in [0.25, 0.3) is 0 Å². The Kier molecular flexibility index (Phi) is 5.25. The quantitative estimate of drug-likeness (QED) is 0.516. The summed E-state index contributed by atoms with van der Waals surface area (Å²) in [5.41, 5.74) is -0.407. The van der Waals surface area contributed by atoms with Gasteiger partial charge in [0, 0.05) is 22.7 Å². The summed E-state index contributed by atoms with van der Waals surface area (Å²) in [6, 6.07) is 0. The third kappa shape index (κ3) is 8.53.